The highest BCUT2D eigenvalue weighted by molar-refractivity contribution is 8.00. The third-order valence-corrected chi connectivity index (χ3v) is 6.34. The minimum Gasteiger partial charge on any atom is -0.399 e. The summed E-state index contributed by atoms with van der Waals surface area (Å²) < 4.78 is 31.3. The van der Waals surface area contributed by atoms with E-state index in [4.69, 9.17) is 10.5 Å². The second kappa shape index (κ2) is 8.63. The number of anilines is 1. The predicted octanol–water partition coefficient (Wildman–Crippen LogP) is 2.05. The third kappa shape index (κ3) is 5.86. The average molecular weight is 332 g/mol. The zero-order valence-corrected chi connectivity index (χ0v) is 14.4. The number of nitrogen functional groups attached to an aromatic ring is 1. The molecule has 7 heteroatoms. The first-order valence-electron chi connectivity index (χ1n) is 6.87. The van der Waals surface area contributed by atoms with E-state index in [-0.39, 0.29) is 11.8 Å². The van der Waals surface area contributed by atoms with Crippen molar-refractivity contribution < 1.29 is 13.2 Å². The number of ether oxygens (including phenoxy) is 1. The molecular formula is C14H24N2O3S2. The molecule has 0 aromatic heterocycles. The van der Waals surface area contributed by atoms with Gasteiger partial charge in [0, 0.05) is 36.0 Å². The van der Waals surface area contributed by atoms with E-state index in [0.29, 0.717) is 24.6 Å². The summed E-state index contributed by atoms with van der Waals surface area (Å²) in [4.78, 5) is 0.984. The molecule has 1 aromatic rings. The Balaban J connectivity index is 2.59. The van der Waals surface area contributed by atoms with Gasteiger partial charge in [-0.15, -0.1) is 11.8 Å². The first-order valence-corrected chi connectivity index (χ1v) is 9.47. The Morgan fingerprint density at radius 3 is 2.71 bits per heavy atom. The molecule has 2 N–H and O–H groups in total. The van der Waals surface area contributed by atoms with Gasteiger partial charge in [0.1, 0.15) is 0 Å². The fourth-order valence-corrected chi connectivity index (χ4v) is 5.14. The number of likely N-dealkylation sites (N-methyl/N-ethyl adjacent to an activating group) is 1. The molecular weight excluding hydrogens is 308 g/mol. The largest absolute Gasteiger partial charge is 0.399 e. The van der Waals surface area contributed by atoms with Crippen LogP contribution in [0.1, 0.15) is 13.8 Å². The van der Waals surface area contributed by atoms with Gasteiger partial charge in [-0.25, -0.2) is 8.42 Å². The monoisotopic (exact) mass is 332 g/mol. The number of methoxy groups -OCH3 is 1. The minimum absolute atomic E-state index is 0.106. The van der Waals surface area contributed by atoms with Crippen molar-refractivity contribution in [3.8, 4) is 0 Å². The third-order valence-electron chi connectivity index (χ3n) is 3.04. The summed E-state index contributed by atoms with van der Waals surface area (Å²) in [6.07, 6.45) is 0. The van der Waals surface area contributed by atoms with Crippen LogP contribution in [0.2, 0.25) is 0 Å². The molecule has 1 unspecified atom stereocenters. The molecule has 0 heterocycles. The lowest BCUT2D eigenvalue weighted by molar-refractivity contribution is 0.143. The van der Waals surface area contributed by atoms with Crippen molar-refractivity contribution >= 4 is 27.5 Å². The number of rotatable bonds is 9. The molecule has 0 aliphatic rings. The molecule has 0 spiro atoms. The number of sulfonamides is 1. The number of thioether (sulfide) groups is 1. The molecule has 0 fully saturated rings. The van der Waals surface area contributed by atoms with Gasteiger partial charge in [-0.3, -0.25) is 0 Å². The Kier molecular flexibility index (Phi) is 7.51. The van der Waals surface area contributed by atoms with Crippen molar-refractivity contribution in [3.63, 3.8) is 0 Å². The van der Waals surface area contributed by atoms with Crippen LogP contribution in [0.15, 0.2) is 29.2 Å². The molecule has 1 aromatic carbocycles. The summed E-state index contributed by atoms with van der Waals surface area (Å²) in [5.74, 6) is 0.607. The summed E-state index contributed by atoms with van der Waals surface area (Å²) in [6.45, 7) is 4.55. The Morgan fingerprint density at radius 1 is 1.43 bits per heavy atom. The number of nitrogens with zero attached hydrogens (tertiary/aromatic N) is 1. The van der Waals surface area contributed by atoms with E-state index < -0.39 is 10.0 Å². The number of hydrogen-bond acceptors (Lipinski definition) is 5. The lowest BCUT2D eigenvalue weighted by atomic mass is 10.3. The molecule has 0 amide bonds. The molecule has 1 rings (SSSR count). The predicted molar refractivity (Wildman–Crippen MR) is 89.1 cm³/mol. The van der Waals surface area contributed by atoms with Crippen molar-refractivity contribution in [2.24, 2.45) is 0 Å². The molecule has 0 aliphatic carbocycles. The van der Waals surface area contributed by atoms with E-state index in [1.165, 1.54) is 16.1 Å². The molecule has 0 saturated carbocycles. The molecule has 5 nitrogen and oxygen atoms in total. The second-order valence-corrected chi connectivity index (χ2v) is 7.95. The smallest absolute Gasteiger partial charge is 0.215 e. The summed E-state index contributed by atoms with van der Waals surface area (Å²) in [6, 6.07) is 7.31. The topological polar surface area (TPSA) is 72.6 Å². The second-order valence-electron chi connectivity index (χ2n) is 4.74. The van der Waals surface area contributed by atoms with Crippen LogP contribution in [0.3, 0.4) is 0 Å². The van der Waals surface area contributed by atoms with Gasteiger partial charge in [-0.1, -0.05) is 13.0 Å². The van der Waals surface area contributed by atoms with E-state index in [1.54, 1.807) is 7.11 Å². The van der Waals surface area contributed by atoms with Crippen LogP contribution in [0.25, 0.3) is 0 Å². The first kappa shape index (κ1) is 18.3. The van der Waals surface area contributed by atoms with Crippen molar-refractivity contribution in [3.05, 3.63) is 24.3 Å². The number of hydrogen-bond donors (Lipinski definition) is 1. The number of nitrogens with two attached hydrogens (primary N) is 1. The maximum atomic E-state index is 12.4. The fourth-order valence-electron chi connectivity index (χ4n) is 2.09. The van der Waals surface area contributed by atoms with E-state index in [1.807, 2.05) is 38.1 Å². The SMILES string of the molecule is CCN(C(C)COC)S(=O)(=O)CCSc1cccc(N)c1. The van der Waals surface area contributed by atoms with Gasteiger partial charge in [0.05, 0.1) is 12.4 Å². The summed E-state index contributed by atoms with van der Waals surface area (Å²) in [7, 11) is -1.70. The van der Waals surface area contributed by atoms with Crippen molar-refractivity contribution in [1.29, 1.82) is 0 Å². The van der Waals surface area contributed by atoms with Crippen LogP contribution in [-0.4, -0.2) is 50.5 Å². The van der Waals surface area contributed by atoms with Gasteiger partial charge in [-0.05, 0) is 25.1 Å². The zero-order valence-electron chi connectivity index (χ0n) is 12.8. The summed E-state index contributed by atoms with van der Waals surface area (Å²) in [5, 5.41) is 0. The normalized spacial score (nSPS) is 13.5. The van der Waals surface area contributed by atoms with Crippen LogP contribution in [0.4, 0.5) is 5.69 Å². The molecule has 0 radical (unpaired) electrons. The Labute approximate surface area is 131 Å². The maximum absolute atomic E-state index is 12.4. The van der Waals surface area contributed by atoms with Crippen LogP contribution in [0, 0.1) is 0 Å². The summed E-state index contributed by atoms with van der Waals surface area (Å²) >= 11 is 1.50. The van der Waals surface area contributed by atoms with E-state index in [2.05, 4.69) is 0 Å². The molecule has 120 valence electrons. The Morgan fingerprint density at radius 2 is 2.14 bits per heavy atom. The molecule has 1 atom stereocenters. The fraction of sp³-hybridized carbons (Fsp3) is 0.571. The van der Waals surface area contributed by atoms with Crippen molar-refractivity contribution in [1.82, 2.24) is 4.31 Å². The van der Waals surface area contributed by atoms with E-state index in [9.17, 15) is 8.42 Å². The zero-order chi connectivity index (χ0) is 15.9. The van der Waals surface area contributed by atoms with Crippen LogP contribution >= 0.6 is 11.8 Å². The lowest BCUT2D eigenvalue weighted by Crippen LogP contribution is -2.42. The first-order chi connectivity index (χ1) is 9.90. The maximum Gasteiger partial charge on any atom is 0.215 e. The van der Waals surface area contributed by atoms with Crippen LogP contribution < -0.4 is 5.73 Å². The molecule has 21 heavy (non-hydrogen) atoms. The highest BCUT2D eigenvalue weighted by Gasteiger charge is 2.25. The van der Waals surface area contributed by atoms with Gasteiger partial charge in [0.15, 0.2) is 0 Å². The highest BCUT2D eigenvalue weighted by Crippen LogP contribution is 2.21. The van der Waals surface area contributed by atoms with Gasteiger partial charge < -0.3 is 10.5 Å². The van der Waals surface area contributed by atoms with Crippen molar-refractivity contribution in [2.75, 3.05) is 37.5 Å². The lowest BCUT2D eigenvalue weighted by Gasteiger charge is -2.26. The molecule has 0 bridgehead atoms. The highest BCUT2D eigenvalue weighted by atomic mass is 32.2. The average Bonchev–Trinajstić information content (AvgIpc) is 2.39. The van der Waals surface area contributed by atoms with Crippen LogP contribution in [-0.2, 0) is 14.8 Å². The van der Waals surface area contributed by atoms with Crippen LogP contribution in [0.5, 0.6) is 0 Å². The van der Waals surface area contributed by atoms with Gasteiger partial charge >= 0.3 is 0 Å². The molecule has 0 aliphatic heterocycles. The minimum atomic E-state index is -3.27. The van der Waals surface area contributed by atoms with Gasteiger partial charge in [-0.2, -0.15) is 4.31 Å². The van der Waals surface area contributed by atoms with Gasteiger partial charge in [0.2, 0.25) is 10.0 Å². The molecule has 0 saturated heterocycles. The van der Waals surface area contributed by atoms with Crippen molar-refractivity contribution in [2.45, 2.75) is 24.8 Å². The Bertz CT molecular complexity index is 535. The van der Waals surface area contributed by atoms with Gasteiger partial charge in [0.25, 0.3) is 0 Å². The number of benzene rings is 1. The summed E-state index contributed by atoms with van der Waals surface area (Å²) in [5.41, 5.74) is 6.39. The standard InChI is InChI=1S/C14H24N2O3S2/c1-4-16(12(2)11-19-3)21(17,18)9-8-20-14-7-5-6-13(15)10-14/h5-7,10,12H,4,8-9,11,15H2,1-3H3. The van der Waals surface area contributed by atoms with E-state index in [0.717, 1.165) is 4.90 Å². The Hall–Kier alpha value is -0.760. The van der Waals surface area contributed by atoms with E-state index >= 15 is 0 Å². The quantitative estimate of drug-likeness (QED) is 0.553.